The number of hydrogen-bond acceptors (Lipinski definition) is 8. The molecule has 9 nitrogen and oxygen atoms in total. The van der Waals surface area contributed by atoms with Crippen LogP contribution < -0.4 is 0 Å². The molecule has 0 bridgehead atoms. The molecule has 0 unspecified atom stereocenters. The van der Waals surface area contributed by atoms with Crippen molar-refractivity contribution in [1.29, 1.82) is 0 Å². The van der Waals surface area contributed by atoms with Gasteiger partial charge in [0.2, 0.25) is 0 Å². The van der Waals surface area contributed by atoms with Crippen molar-refractivity contribution in [1.82, 2.24) is 4.98 Å². The number of carbonyl (C=O) groups excluding carboxylic acids is 2. The summed E-state index contributed by atoms with van der Waals surface area (Å²) >= 11 is 1.47. The Bertz CT molecular complexity index is 1010. The molecule has 1 aromatic heterocycles. The summed E-state index contributed by atoms with van der Waals surface area (Å²) in [5.41, 5.74) is 9.04. The molecule has 11 heteroatoms. The second kappa shape index (κ2) is 15.6. The number of Topliss-reactive ketones (excluding diaryl/α,β-unsaturated/α-hetero) is 1. The summed E-state index contributed by atoms with van der Waals surface area (Å²) in [6, 6.07) is 0. The van der Waals surface area contributed by atoms with E-state index in [4.69, 9.17) is 10.3 Å². The predicted octanol–water partition coefficient (Wildman–Crippen LogP) is 5.37. The molecule has 209 valence electrons. The van der Waals surface area contributed by atoms with Gasteiger partial charge >= 0.3 is 0 Å². The van der Waals surface area contributed by atoms with Crippen LogP contribution in [0.5, 0.6) is 0 Å². The van der Waals surface area contributed by atoms with Gasteiger partial charge in [0.1, 0.15) is 5.78 Å². The van der Waals surface area contributed by atoms with Crippen LogP contribution in [0.4, 0.5) is 0 Å². The van der Waals surface area contributed by atoms with Gasteiger partial charge in [-0.3, -0.25) is 16.1 Å². The van der Waals surface area contributed by atoms with Gasteiger partial charge in [-0.15, -0.1) is 17.8 Å². The molecule has 6 atom stereocenters. The SMILES string of the molecule is C/C(=C\c1csc(CN=[N+]=[N-])n1)[CH-]C[C@@H]1O[C@]1(C)CCC[C@H](C)[C@H](O)[C@@H](C)C(=O)C(C)(C)[C@@H](O)C[C-]=O.[Y]. The predicted molar refractivity (Wildman–Crippen MR) is 144 cm³/mol. The van der Waals surface area contributed by atoms with E-state index in [-0.39, 0.29) is 69.1 Å². The third-order valence-electron chi connectivity index (χ3n) is 7.49. The summed E-state index contributed by atoms with van der Waals surface area (Å²) < 4.78 is 5.98. The van der Waals surface area contributed by atoms with E-state index in [1.165, 1.54) is 11.3 Å². The average Bonchev–Trinajstić information content (AvgIpc) is 3.28. The number of carbonyl (C=O) groups is 1. The minimum absolute atomic E-state index is 0. The van der Waals surface area contributed by atoms with Crippen LogP contribution in [0.25, 0.3) is 16.5 Å². The second-order valence-electron chi connectivity index (χ2n) is 10.9. The molecule has 0 aromatic carbocycles. The number of ketones is 1. The fourth-order valence-corrected chi connectivity index (χ4v) is 5.30. The number of allylic oxidation sites excluding steroid dienone is 1. The van der Waals surface area contributed by atoms with Gasteiger partial charge in [-0.05, 0) is 36.9 Å². The molecule has 1 radical (unpaired) electrons. The smallest absolute Gasteiger partial charge is 0.146 e. The molecule has 0 saturated carbocycles. The third kappa shape index (κ3) is 9.81. The number of aromatic nitrogens is 1. The Morgan fingerprint density at radius 3 is 2.76 bits per heavy atom. The van der Waals surface area contributed by atoms with Crippen LogP contribution >= 0.6 is 11.3 Å². The Kier molecular flexibility index (Phi) is 14.3. The van der Waals surface area contributed by atoms with Crippen molar-refractivity contribution in [3.63, 3.8) is 0 Å². The zero-order chi connectivity index (χ0) is 27.8. The molecule has 0 aliphatic carbocycles. The first-order valence-corrected chi connectivity index (χ1v) is 13.6. The van der Waals surface area contributed by atoms with E-state index in [1.54, 1.807) is 27.1 Å². The molecule has 2 rings (SSSR count). The Morgan fingerprint density at radius 2 is 2.13 bits per heavy atom. The largest absolute Gasteiger partial charge is 0.542 e. The Balaban J connectivity index is 0.00000722. The molecule has 1 aromatic rings. The van der Waals surface area contributed by atoms with E-state index in [1.807, 2.05) is 25.3 Å². The second-order valence-corrected chi connectivity index (χ2v) is 11.8. The van der Waals surface area contributed by atoms with Crippen molar-refractivity contribution in [2.75, 3.05) is 0 Å². The fraction of sp³-hybridized carbons (Fsp3) is 0.704. The standard InChI is InChI=1S/C27H40N4O5S.Y/c1-17(14-20-16-37-23(30-20)15-29-31-28)9-10-22-27(6,36-22)12-7-8-18(2)24(34)19(3)25(35)26(4,5)21(33)11-13-32;/h9,14,16,18-19,21-22,24,33-34H,7-8,10-12,15H2,1-6H3;/q-2;/b17-14+;/t18-,19+,21-,22-,24-,27+;/m0./s1. The molecule has 2 N–H and O–H groups in total. The number of rotatable bonds is 17. The zero-order valence-corrected chi connectivity index (χ0v) is 26.9. The van der Waals surface area contributed by atoms with Gasteiger partial charge in [-0.25, -0.2) is 12.0 Å². The first kappa shape index (κ1) is 34.9. The molecule has 0 amide bonds. The molecule has 38 heavy (non-hydrogen) atoms. The van der Waals surface area contributed by atoms with Crippen LogP contribution in [0.2, 0.25) is 0 Å². The van der Waals surface area contributed by atoms with Gasteiger partial charge in [-0.1, -0.05) is 52.6 Å². The van der Waals surface area contributed by atoms with Crippen molar-refractivity contribution < 1.29 is 57.2 Å². The first-order valence-electron chi connectivity index (χ1n) is 12.8. The minimum Gasteiger partial charge on any atom is -0.542 e. The maximum Gasteiger partial charge on any atom is 0.146 e. The quantitative estimate of drug-likeness (QED) is 0.0786. The van der Waals surface area contributed by atoms with Crippen LogP contribution in [0.1, 0.15) is 84.3 Å². The average molecular weight is 622 g/mol. The molecule has 1 aliphatic heterocycles. The van der Waals surface area contributed by atoms with Crippen LogP contribution in [-0.2, 0) is 53.6 Å². The van der Waals surface area contributed by atoms with Gasteiger partial charge in [0.25, 0.3) is 0 Å². The van der Waals surface area contributed by atoms with Crippen LogP contribution in [0.3, 0.4) is 0 Å². The molecule has 1 aliphatic rings. The topological polar surface area (TPSA) is 149 Å². The number of aliphatic hydroxyl groups is 2. The van der Waals surface area contributed by atoms with E-state index in [9.17, 15) is 19.8 Å². The number of aliphatic hydroxyl groups excluding tert-OH is 2. The summed E-state index contributed by atoms with van der Waals surface area (Å²) in [4.78, 5) is 30.7. The van der Waals surface area contributed by atoms with Crippen molar-refractivity contribution in [2.45, 2.75) is 104 Å². The number of ether oxygens (including phenoxy) is 1. The Morgan fingerprint density at radius 1 is 1.45 bits per heavy atom. The summed E-state index contributed by atoms with van der Waals surface area (Å²) in [6.45, 7) is 11.2. The van der Waals surface area contributed by atoms with Crippen molar-refractivity contribution in [3.8, 4) is 0 Å². The summed E-state index contributed by atoms with van der Waals surface area (Å²) in [5, 5.41) is 27.2. The third-order valence-corrected chi connectivity index (χ3v) is 8.34. The number of nitrogens with zero attached hydrogens (tertiary/aromatic N) is 4. The van der Waals surface area contributed by atoms with Crippen molar-refractivity contribution in [2.24, 2.45) is 22.4 Å². The molecule has 1 saturated heterocycles. The van der Waals surface area contributed by atoms with Crippen LogP contribution in [0, 0.1) is 23.7 Å². The minimum atomic E-state index is -1.13. The van der Waals surface area contributed by atoms with Gasteiger partial charge in [0.05, 0.1) is 29.4 Å². The maximum absolute atomic E-state index is 12.9. The van der Waals surface area contributed by atoms with Crippen LogP contribution in [0.15, 0.2) is 16.1 Å². The van der Waals surface area contributed by atoms with E-state index in [2.05, 4.69) is 28.4 Å². The fourth-order valence-electron chi connectivity index (χ4n) is 4.63. The molecule has 1 fully saturated rings. The van der Waals surface area contributed by atoms with Gasteiger partial charge in [0.15, 0.2) is 0 Å². The van der Waals surface area contributed by atoms with Gasteiger partial charge in [-0.2, -0.15) is 6.08 Å². The van der Waals surface area contributed by atoms with E-state index in [0.29, 0.717) is 0 Å². The number of azide groups is 1. The zero-order valence-electron chi connectivity index (χ0n) is 23.3. The molecule has 0 spiro atoms. The number of epoxide rings is 1. The van der Waals surface area contributed by atoms with Crippen molar-refractivity contribution in [3.05, 3.63) is 38.5 Å². The normalized spacial score (nSPS) is 22.3. The van der Waals surface area contributed by atoms with Crippen LogP contribution in [-0.4, -0.2) is 51.2 Å². The summed E-state index contributed by atoms with van der Waals surface area (Å²) in [6.07, 6.45) is 7.03. The number of hydrogen-bond donors (Lipinski definition) is 2. The Hall–Kier alpha value is -1.13. The molecular formula is C27H40N4O5SY-2. The summed E-state index contributed by atoms with van der Waals surface area (Å²) in [7, 11) is 0. The molecular weight excluding hydrogens is 581 g/mol. The van der Waals surface area contributed by atoms with Gasteiger partial charge in [0, 0.05) is 60.4 Å². The van der Waals surface area contributed by atoms with E-state index >= 15 is 0 Å². The monoisotopic (exact) mass is 621 g/mol. The maximum atomic E-state index is 12.9. The molecule has 2 heterocycles. The van der Waals surface area contributed by atoms with Crippen molar-refractivity contribution >= 4 is 29.5 Å². The van der Waals surface area contributed by atoms with Gasteiger partial charge < -0.3 is 19.7 Å². The first-order chi connectivity index (χ1) is 17.4. The number of thiazole rings is 1. The van der Waals surface area contributed by atoms with E-state index in [0.717, 1.165) is 42.0 Å². The van der Waals surface area contributed by atoms with E-state index < -0.39 is 23.5 Å². The Labute approximate surface area is 255 Å². The summed E-state index contributed by atoms with van der Waals surface area (Å²) in [5.74, 6) is -0.997.